The Morgan fingerprint density at radius 2 is 1.80 bits per heavy atom. The van der Waals surface area contributed by atoms with Gasteiger partial charge in [-0.3, -0.25) is 4.79 Å². The van der Waals surface area contributed by atoms with Gasteiger partial charge in [-0.25, -0.2) is 14.1 Å². The molecular weight excluding hydrogens is 383 g/mol. The summed E-state index contributed by atoms with van der Waals surface area (Å²) < 4.78 is 15.4. The number of H-pyrrole nitrogens is 1. The molecule has 0 saturated carbocycles. The molecule has 30 heavy (non-hydrogen) atoms. The van der Waals surface area contributed by atoms with Gasteiger partial charge in [-0.15, -0.1) is 0 Å². The highest BCUT2D eigenvalue weighted by atomic mass is 19.1. The molecule has 5 rings (SSSR count). The van der Waals surface area contributed by atoms with Crippen LogP contribution in [0.2, 0.25) is 0 Å². The number of anilines is 1. The molecule has 1 fully saturated rings. The number of para-hydroxylation sites is 3. The van der Waals surface area contributed by atoms with Crippen molar-refractivity contribution in [1.29, 1.82) is 0 Å². The van der Waals surface area contributed by atoms with Gasteiger partial charge in [0.05, 0.1) is 11.0 Å². The van der Waals surface area contributed by atoms with E-state index in [9.17, 15) is 9.18 Å². The van der Waals surface area contributed by atoms with Gasteiger partial charge in [-0.1, -0.05) is 24.3 Å². The third kappa shape index (κ3) is 3.41. The predicted molar refractivity (Wildman–Crippen MR) is 112 cm³/mol. The quantitative estimate of drug-likeness (QED) is 0.569. The van der Waals surface area contributed by atoms with Gasteiger partial charge < -0.3 is 14.8 Å². The molecule has 0 radical (unpaired) electrons. The van der Waals surface area contributed by atoms with Crippen molar-refractivity contribution < 1.29 is 9.18 Å². The van der Waals surface area contributed by atoms with E-state index in [-0.39, 0.29) is 11.7 Å². The van der Waals surface area contributed by atoms with Gasteiger partial charge in [0, 0.05) is 32.4 Å². The number of rotatable bonds is 3. The first kappa shape index (κ1) is 18.4. The van der Waals surface area contributed by atoms with Crippen molar-refractivity contribution >= 4 is 22.9 Å². The lowest BCUT2D eigenvalue weighted by atomic mass is 10.3. The molecule has 0 unspecified atom stereocenters. The van der Waals surface area contributed by atoms with Crippen LogP contribution in [-0.4, -0.2) is 56.7 Å². The number of benzene rings is 2. The number of aromatic amines is 1. The summed E-state index contributed by atoms with van der Waals surface area (Å²) in [6.45, 7) is 2.71. The van der Waals surface area contributed by atoms with Gasteiger partial charge in [0.15, 0.2) is 5.69 Å². The van der Waals surface area contributed by atoms with Crippen LogP contribution < -0.4 is 4.90 Å². The summed E-state index contributed by atoms with van der Waals surface area (Å²) in [6, 6.07) is 15.9. The standard InChI is InChI=1S/C22H21FN6O/c23-16-6-1-4-9-20(16)29-13-10-19(26-29)21(30)27-11-5-12-28(15-14-27)22-24-17-7-2-3-8-18(17)25-22/h1-4,6-10,13H,5,11-12,14-15H2,(H,24,25). The van der Waals surface area contributed by atoms with E-state index in [0.717, 1.165) is 29.9 Å². The summed E-state index contributed by atoms with van der Waals surface area (Å²) in [5, 5.41) is 4.31. The molecule has 0 atom stereocenters. The molecule has 4 aromatic rings. The molecule has 3 heterocycles. The highest BCUT2D eigenvalue weighted by molar-refractivity contribution is 5.92. The second-order valence-electron chi connectivity index (χ2n) is 7.31. The van der Waals surface area contributed by atoms with Crippen molar-refractivity contribution in [2.24, 2.45) is 0 Å². The molecule has 0 spiro atoms. The number of fused-ring (bicyclic) bond motifs is 1. The first-order valence-electron chi connectivity index (χ1n) is 9.98. The Bertz CT molecular complexity index is 1170. The fourth-order valence-corrected chi connectivity index (χ4v) is 3.79. The maximum absolute atomic E-state index is 14.0. The largest absolute Gasteiger partial charge is 0.341 e. The van der Waals surface area contributed by atoms with Crippen molar-refractivity contribution in [3.63, 3.8) is 0 Å². The molecule has 152 valence electrons. The van der Waals surface area contributed by atoms with Crippen molar-refractivity contribution in [3.05, 3.63) is 72.3 Å². The summed E-state index contributed by atoms with van der Waals surface area (Å²) in [5.41, 5.74) is 2.57. The Hall–Kier alpha value is -3.68. The van der Waals surface area contributed by atoms with Gasteiger partial charge in [-0.2, -0.15) is 5.10 Å². The Morgan fingerprint density at radius 3 is 2.67 bits per heavy atom. The fourth-order valence-electron chi connectivity index (χ4n) is 3.79. The molecule has 1 saturated heterocycles. The zero-order valence-electron chi connectivity index (χ0n) is 16.3. The molecule has 1 aliphatic rings. The highest BCUT2D eigenvalue weighted by Gasteiger charge is 2.23. The van der Waals surface area contributed by atoms with E-state index in [2.05, 4.69) is 20.0 Å². The number of imidazole rings is 1. The van der Waals surface area contributed by atoms with Crippen molar-refractivity contribution in [2.45, 2.75) is 6.42 Å². The van der Waals surface area contributed by atoms with Crippen LogP contribution in [0.15, 0.2) is 60.8 Å². The fraction of sp³-hybridized carbons (Fsp3) is 0.227. The number of nitrogens with one attached hydrogen (secondary N) is 1. The lowest BCUT2D eigenvalue weighted by Gasteiger charge is -2.21. The van der Waals surface area contributed by atoms with Crippen LogP contribution in [0.5, 0.6) is 0 Å². The minimum absolute atomic E-state index is 0.142. The zero-order valence-corrected chi connectivity index (χ0v) is 16.3. The third-order valence-electron chi connectivity index (χ3n) is 5.37. The van der Waals surface area contributed by atoms with Crippen LogP contribution in [0.25, 0.3) is 16.7 Å². The average molecular weight is 404 g/mol. The Labute approximate surface area is 172 Å². The number of carbonyl (C=O) groups is 1. The molecule has 7 nitrogen and oxygen atoms in total. The molecule has 0 aliphatic carbocycles. The first-order chi connectivity index (χ1) is 14.7. The van der Waals surface area contributed by atoms with Crippen LogP contribution in [0.3, 0.4) is 0 Å². The van der Waals surface area contributed by atoms with E-state index in [1.54, 1.807) is 35.4 Å². The highest BCUT2D eigenvalue weighted by Crippen LogP contribution is 2.19. The average Bonchev–Trinajstić information content (AvgIpc) is 3.35. The number of aromatic nitrogens is 4. The van der Waals surface area contributed by atoms with Crippen molar-refractivity contribution in [1.82, 2.24) is 24.6 Å². The van der Waals surface area contributed by atoms with E-state index in [1.165, 1.54) is 10.7 Å². The monoisotopic (exact) mass is 404 g/mol. The van der Waals surface area contributed by atoms with Gasteiger partial charge in [-0.05, 0) is 36.8 Å². The maximum atomic E-state index is 14.0. The van der Waals surface area contributed by atoms with E-state index in [1.807, 2.05) is 24.3 Å². The number of carbonyl (C=O) groups excluding carboxylic acids is 1. The maximum Gasteiger partial charge on any atom is 0.274 e. The van der Waals surface area contributed by atoms with E-state index < -0.39 is 0 Å². The molecule has 8 heteroatoms. The third-order valence-corrected chi connectivity index (χ3v) is 5.37. The topological polar surface area (TPSA) is 70.1 Å². The van der Waals surface area contributed by atoms with Crippen LogP contribution >= 0.6 is 0 Å². The normalized spacial score (nSPS) is 14.8. The lowest BCUT2D eigenvalue weighted by molar-refractivity contribution is 0.0760. The molecule has 2 aromatic heterocycles. The SMILES string of the molecule is O=C(c1ccn(-c2ccccc2F)n1)N1CCCN(c2nc3ccccc3[nH]2)CC1. The smallest absolute Gasteiger partial charge is 0.274 e. The van der Waals surface area contributed by atoms with Crippen LogP contribution in [0.1, 0.15) is 16.9 Å². The molecule has 1 N–H and O–H groups in total. The minimum atomic E-state index is -0.379. The van der Waals surface area contributed by atoms with Gasteiger partial charge in [0.1, 0.15) is 11.5 Å². The number of hydrogen-bond donors (Lipinski definition) is 1. The van der Waals surface area contributed by atoms with Crippen LogP contribution in [-0.2, 0) is 0 Å². The molecule has 0 bridgehead atoms. The zero-order chi connectivity index (χ0) is 20.5. The van der Waals surface area contributed by atoms with E-state index >= 15 is 0 Å². The van der Waals surface area contributed by atoms with Crippen molar-refractivity contribution in [3.8, 4) is 5.69 Å². The summed E-state index contributed by atoms with van der Waals surface area (Å²) in [4.78, 5) is 25.0. The van der Waals surface area contributed by atoms with Crippen LogP contribution in [0.4, 0.5) is 10.3 Å². The Kier molecular flexibility index (Phi) is 4.66. The van der Waals surface area contributed by atoms with Crippen LogP contribution in [0, 0.1) is 5.82 Å². The lowest BCUT2D eigenvalue weighted by Crippen LogP contribution is -2.35. The Morgan fingerprint density at radius 1 is 0.967 bits per heavy atom. The number of nitrogens with zero attached hydrogens (tertiary/aromatic N) is 5. The van der Waals surface area contributed by atoms with Gasteiger partial charge >= 0.3 is 0 Å². The van der Waals surface area contributed by atoms with Gasteiger partial charge in [0.2, 0.25) is 5.95 Å². The number of hydrogen-bond acceptors (Lipinski definition) is 4. The summed E-state index contributed by atoms with van der Waals surface area (Å²) in [6.07, 6.45) is 2.45. The summed E-state index contributed by atoms with van der Waals surface area (Å²) in [5.74, 6) is 0.307. The summed E-state index contributed by atoms with van der Waals surface area (Å²) in [7, 11) is 0. The first-order valence-corrected chi connectivity index (χ1v) is 9.98. The predicted octanol–water partition coefficient (Wildman–Crippen LogP) is 3.24. The van der Waals surface area contributed by atoms with Gasteiger partial charge in [0.25, 0.3) is 5.91 Å². The number of halogens is 1. The summed E-state index contributed by atoms with van der Waals surface area (Å²) >= 11 is 0. The molecule has 2 aromatic carbocycles. The minimum Gasteiger partial charge on any atom is -0.341 e. The number of amides is 1. The van der Waals surface area contributed by atoms with Crippen molar-refractivity contribution in [2.75, 3.05) is 31.1 Å². The second kappa shape index (κ2) is 7.62. The molecular formula is C22H21FN6O. The van der Waals surface area contributed by atoms with E-state index in [4.69, 9.17) is 0 Å². The molecule has 1 amide bonds. The molecule has 1 aliphatic heterocycles. The Balaban J connectivity index is 1.30. The van der Waals surface area contributed by atoms with E-state index in [0.29, 0.717) is 31.0 Å². The second-order valence-corrected chi connectivity index (χ2v) is 7.31.